The van der Waals surface area contributed by atoms with E-state index < -0.39 is 0 Å². The molecule has 2 aromatic carbocycles. The number of benzene rings is 2. The summed E-state index contributed by atoms with van der Waals surface area (Å²) >= 11 is 0. The fourth-order valence-electron chi connectivity index (χ4n) is 4.11. The maximum Gasteiger partial charge on any atom is 0.269 e. The third-order valence-electron chi connectivity index (χ3n) is 5.90. The Bertz CT molecular complexity index is 1110. The molecule has 0 radical (unpaired) electrons. The summed E-state index contributed by atoms with van der Waals surface area (Å²) in [5, 5.41) is 15.5. The molecule has 0 bridgehead atoms. The van der Waals surface area contributed by atoms with Gasteiger partial charge in [0.15, 0.2) is 0 Å². The molecule has 0 atom stereocenters. The highest BCUT2D eigenvalue weighted by Crippen LogP contribution is 2.20. The molecule has 0 saturated carbocycles. The Hall–Kier alpha value is -3.52. The van der Waals surface area contributed by atoms with Crippen LogP contribution < -0.4 is 0 Å². The van der Waals surface area contributed by atoms with E-state index in [-0.39, 0.29) is 16.5 Å². The highest BCUT2D eigenvalue weighted by atomic mass is 16.6. The summed E-state index contributed by atoms with van der Waals surface area (Å²) in [5.41, 5.74) is 4.71. The van der Waals surface area contributed by atoms with Gasteiger partial charge in [-0.15, -0.1) is 0 Å². The number of piperazine rings is 1. The second-order valence-electron chi connectivity index (χ2n) is 8.10. The first-order valence-electron chi connectivity index (χ1n) is 10.8. The zero-order chi connectivity index (χ0) is 22.7. The van der Waals surface area contributed by atoms with E-state index in [0.717, 1.165) is 30.0 Å². The summed E-state index contributed by atoms with van der Waals surface area (Å²) in [6.45, 7) is 7.40. The molecule has 1 fully saturated rings. The average molecular weight is 434 g/mol. The number of carbonyl (C=O) groups excluding carboxylic acids is 1. The van der Waals surface area contributed by atoms with Crippen molar-refractivity contribution in [1.82, 2.24) is 19.6 Å². The van der Waals surface area contributed by atoms with E-state index in [1.54, 1.807) is 18.3 Å². The molecule has 4 rings (SSSR count). The number of amides is 1. The highest BCUT2D eigenvalue weighted by molar-refractivity contribution is 5.95. The number of aryl methyl sites for hydroxylation is 1. The van der Waals surface area contributed by atoms with Crippen LogP contribution in [-0.2, 0) is 13.0 Å². The predicted octanol–water partition coefficient (Wildman–Crippen LogP) is 3.61. The summed E-state index contributed by atoms with van der Waals surface area (Å²) in [5.74, 6) is 0.00945. The lowest BCUT2D eigenvalue weighted by atomic mass is 10.1. The minimum absolute atomic E-state index is 0.00945. The van der Waals surface area contributed by atoms with Gasteiger partial charge in [-0.25, -0.2) is 4.68 Å². The maximum atomic E-state index is 13.2. The normalized spacial score (nSPS) is 14.5. The van der Waals surface area contributed by atoms with Gasteiger partial charge in [0.2, 0.25) is 0 Å². The van der Waals surface area contributed by atoms with E-state index >= 15 is 0 Å². The molecule has 0 aliphatic carbocycles. The van der Waals surface area contributed by atoms with Crippen molar-refractivity contribution in [3.05, 3.63) is 87.2 Å². The Balaban J connectivity index is 1.42. The van der Waals surface area contributed by atoms with Crippen LogP contribution in [0.5, 0.6) is 0 Å². The molecule has 2 heterocycles. The van der Waals surface area contributed by atoms with E-state index in [0.29, 0.717) is 31.6 Å². The van der Waals surface area contributed by atoms with Gasteiger partial charge < -0.3 is 4.90 Å². The standard InChI is InChI=1S/C24H27N5O3/c1-3-23-22(16-25-28(23)20-9-7-18(2)8-10-20)24(30)27-13-11-26(12-14-27)17-19-5-4-6-21(15-19)29(31)32/h4-10,15-16H,3,11-14,17H2,1-2H3. The van der Waals surface area contributed by atoms with Crippen molar-refractivity contribution in [2.75, 3.05) is 26.2 Å². The van der Waals surface area contributed by atoms with Crippen LogP contribution in [0.4, 0.5) is 5.69 Å². The third kappa shape index (κ3) is 4.55. The molecule has 0 unspecified atom stereocenters. The van der Waals surface area contributed by atoms with Crippen molar-refractivity contribution in [1.29, 1.82) is 0 Å². The molecule has 1 aromatic heterocycles. The number of rotatable bonds is 6. The largest absolute Gasteiger partial charge is 0.336 e. The van der Waals surface area contributed by atoms with Gasteiger partial charge in [-0.3, -0.25) is 19.8 Å². The van der Waals surface area contributed by atoms with Gasteiger partial charge >= 0.3 is 0 Å². The molecular formula is C24H27N5O3. The fraction of sp³-hybridized carbons (Fsp3) is 0.333. The molecule has 166 valence electrons. The summed E-state index contributed by atoms with van der Waals surface area (Å²) in [6, 6.07) is 14.8. The zero-order valence-corrected chi connectivity index (χ0v) is 18.4. The first kappa shape index (κ1) is 21.7. The van der Waals surface area contributed by atoms with E-state index in [1.807, 2.05) is 53.8 Å². The zero-order valence-electron chi connectivity index (χ0n) is 18.4. The molecule has 1 aliphatic heterocycles. The highest BCUT2D eigenvalue weighted by Gasteiger charge is 2.26. The number of nitro benzene ring substituents is 1. The molecule has 0 N–H and O–H groups in total. The number of hydrogen-bond donors (Lipinski definition) is 0. The average Bonchev–Trinajstić information content (AvgIpc) is 3.24. The minimum atomic E-state index is -0.373. The molecule has 32 heavy (non-hydrogen) atoms. The summed E-state index contributed by atoms with van der Waals surface area (Å²) in [6.07, 6.45) is 2.39. The number of aromatic nitrogens is 2. The second-order valence-corrected chi connectivity index (χ2v) is 8.10. The van der Waals surface area contributed by atoms with Crippen LogP contribution in [0.15, 0.2) is 54.7 Å². The van der Waals surface area contributed by atoms with Crippen molar-refractivity contribution in [2.24, 2.45) is 0 Å². The smallest absolute Gasteiger partial charge is 0.269 e. The Kier molecular flexibility index (Phi) is 6.32. The van der Waals surface area contributed by atoms with Crippen LogP contribution in [0, 0.1) is 17.0 Å². The molecule has 0 spiro atoms. The van der Waals surface area contributed by atoms with E-state index in [4.69, 9.17) is 0 Å². The van der Waals surface area contributed by atoms with Crippen LogP contribution in [0.3, 0.4) is 0 Å². The van der Waals surface area contributed by atoms with Gasteiger partial charge in [0.25, 0.3) is 11.6 Å². The summed E-state index contributed by atoms with van der Waals surface area (Å²) in [4.78, 5) is 28.0. The van der Waals surface area contributed by atoms with Gasteiger partial charge in [0, 0.05) is 44.9 Å². The van der Waals surface area contributed by atoms with Crippen molar-refractivity contribution >= 4 is 11.6 Å². The number of nitro groups is 1. The molecule has 8 heteroatoms. The van der Waals surface area contributed by atoms with Crippen molar-refractivity contribution in [2.45, 2.75) is 26.8 Å². The Morgan fingerprint density at radius 1 is 1.09 bits per heavy atom. The quantitative estimate of drug-likeness (QED) is 0.438. The molecule has 8 nitrogen and oxygen atoms in total. The number of carbonyl (C=O) groups is 1. The number of hydrogen-bond acceptors (Lipinski definition) is 5. The Morgan fingerprint density at radius 2 is 1.81 bits per heavy atom. The maximum absolute atomic E-state index is 13.2. The Labute approximate surface area is 187 Å². The van der Waals surface area contributed by atoms with Gasteiger partial charge in [-0.1, -0.05) is 36.8 Å². The second kappa shape index (κ2) is 9.32. The lowest BCUT2D eigenvalue weighted by molar-refractivity contribution is -0.384. The van der Waals surface area contributed by atoms with E-state index in [9.17, 15) is 14.9 Å². The molecule has 1 saturated heterocycles. The van der Waals surface area contributed by atoms with Crippen LogP contribution in [0.25, 0.3) is 5.69 Å². The van der Waals surface area contributed by atoms with Crippen molar-refractivity contribution in [3.63, 3.8) is 0 Å². The van der Waals surface area contributed by atoms with Crippen LogP contribution in [0.2, 0.25) is 0 Å². The monoisotopic (exact) mass is 433 g/mol. The fourth-order valence-corrected chi connectivity index (χ4v) is 4.11. The van der Waals surface area contributed by atoms with Crippen molar-refractivity contribution < 1.29 is 9.72 Å². The van der Waals surface area contributed by atoms with Gasteiger partial charge in [-0.2, -0.15) is 5.10 Å². The lowest BCUT2D eigenvalue weighted by Crippen LogP contribution is -2.48. The first-order valence-corrected chi connectivity index (χ1v) is 10.8. The van der Waals surface area contributed by atoms with E-state index in [2.05, 4.69) is 10.00 Å². The lowest BCUT2D eigenvalue weighted by Gasteiger charge is -2.34. The SMILES string of the molecule is CCc1c(C(=O)N2CCN(Cc3cccc([N+](=O)[O-])c3)CC2)cnn1-c1ccc(C)cc1. The number of nitrogens with zero attached hydrogens (tertiary/aromatic N) is 5. The van der Waals surface area contributed by atoms with Crippen molar-refractivity contribution in [3.8, 4) is 5.69 Å². The number of non-ortho nitro benzene ring substituents is 1. The first-order chi connectivity index (χ1) is 15.5. The molecular weight excluding hydrogens is 406 g/mol. The molecule has 1 aliphatic rings. The molecule has 1 amide bonds. The van der Waals surface area contributed by atoms with Crippen LogP contribution in [-0.4, -0.2) is 56.6 Å². The van der Waals surface area contributed by atoms with Crippen LogP contribution >= 0.6 is 0 Å². The molecule has 3 aromatic rings. The van der Waals surface area contributed by atoms with Gasteiger partial charge in [0.05, 0.1) is 28.1 Å². The summed E-state index contributed by atoms with van der Waals surface area (Å²) < 4.78 is 1.85. The van der Waals surface area contributed by atoms with Gasteiger partial charge in [-0.05, 0) is 31.0 Å². The summed E-state index contributed by atoms with van der Waals surface area (Å²) in [7, 11) is 0. The Morgan fingerprint density at radius 3 is 2.47 bits per heavy atom. The predicted molar refractivity (Wildman–Crippen MR) is 122 cm³/mol. The minimum Gasteiger partial charge on any atom is -0.336 e. The van der Waals surface area contributed by atoms with Crippen LogP contribution in [0.1, 0.15) is 34.1 Å². The van der Waals surface area contributed by atoms with Gasteiger partial charge in [0.1, 0.15) is 0 Å². The topological polar surface area (TPSA) is 84.5 Å². The van der Waals surface area contributed by atoms with E-state index in [1.165, 1.54) is 11.6 Å². The third-order valence-corrected chi connectivity index (χ3v) is 5.90.